The molecule has 1 heterocycles. The van der Waals surface area contributed by atoms with Gasteiger partial charge in [0.15, 0.2) is 0 Å². The van der Waals surface area contributed by atoms with E-state index in [2.05, 4.69) is 49.4 Å². The SMILES string of the molecule is COc1ccc([C@@H](CNCc2cc(=O)oc3cc(C)c(C)cc23)N(C)C)cc1. The van der Waals surface area contributed by atoms with E-state index in [1.54, 1.807) is 13.2 Å². The van der Waals surface area contributed by atoms with Crippen molar-refractivity contribution in [3.63, 3.8) is 0 Å². The number of aryl methyl sites for hydroxylation is 2. The van der Waals surface area contributed by atoms with Crippen molar-refractivity contribution < 1.29 is 9.15 Å². The Bertz CT molecular complexity index is 1010. The van der Waals surface area contributed by atoms with Gasteiger partial charge < -0.3 is 19.4 Å². The van der Waals surface area contributed by atoms with E-state index in [1.165, 1.54) is 11.1 Å². The van der Waals surface area contributed by atoms with E-state index in [0.29, 0.717) is 12.1 Å². The highest BCUT2D eigenvalue weighted by Gasteiger charge is 2.15. The molecule has 0 bridgehead atoms. The Kier molecular flexibility index (Phi) is 6.17. The molecule has 0 aliphatic rings. The van der Waals surface area contributed by atoms with E-state index in [9.17, 15) is 4.79 Å². The minimum Gasteiger partial charge on any atom is -0.497 e. The van der Waals surface area contributed by atoms with Gasteiger partial charge in [-0.1, -0.05) is 12.1 Å². The zero-order chi connectivity index (χ0) is 20.3. The first-order valence-electron chi connectivity index (χ1n) is 9.44. The van der Waals surface area contributed by atoms with Gasteiger partial charge in [-0.15, -0.1) is 0 Å². The lowest BCUT2D eigenvalue weighted by atomic mass is 10.0. The normalized spacial score (nSPS) is 12.5. The Morgan fingerprint density at radius 1 is 1.07 bits per heavy atom. The van der Waals surface area contributed by atoms with Crippen LogP contribution in [0, 0.1) is 13.8 Å². The van der Waals surface area contributed by atoms with Gasteiger partial charge in [-0.3, -0.25) is 0 Å². The Morgan fingerprint density at radius 2 is 1.75 bits per heavy atom. The third-order valence-electron chi connectivity index (χ3n) is 5.22. The zero-order valence-electron chi connectivity index (χ0n) is 17.2. The number of rotatable bonds is 7. The zero-order valence-corrected chi connectivity index (χ0v) is 17.2. The van der Waals surface area contributed by atoms with Gasteiger partial charge in [0.1, 0.15) is 11.3 Å². The molecule has 2 aromatic carbocycles. The van der Waals surface area contributed by atoms with Gasteiger partial charge in [0.05, 0.1) is 7.11 Å². The molecule has 3 rings (SSSR count). The van der Waals surface area contributed by atoms with Crippen LogP contribution in [0.4, 0.5) is 0 Å². The summed E-state index contributed by atoms with van der Waals surface area (Å²) in [5, 5.41) is 4.50. The van der Waals surface area contributed by atoms with Crippen LogP contribution >= 0.6 is 0 Å². The van der Waals surface area contributed by atoms with Crippen molar-refractivity contribution in [2.75, 3.05) is 27.7 Å². The molecule has 0 aliphatic carbocycles. The molecule has 1 N–H and O–H groups in total. The van der Waals surface area contributed by atoms with Gasteiger partial charge in [0, 0.05) is 30.6 Å². The third kappa shape index (κ3) is 4.43. The van der Waals surface area contributed by atoms with Crippen LogP contribution in [0.5, 0.6) is 5.75 Å². The number of hydrogen-bond acceptors (Lipinski definition) is 5. The van der Waals surface area contributed by atoms with Gasteiger partial charge in [-0.05, 0) is 74.5 Å². The highest BCUT2D eigenvalue weighted by atomic mass is 16.5. The summed E-state index contributed by atoms with van der Waals surface area (Å²) in [5.74, 6) is 0.849. The predicted molar refractivity (Wildman–Crippen MR) is 113 cm³/mol. The van der Waals surface area contributed by atoms with E-state index in [1.807, 2.05) is 25.1 Å². The Labute approximate surface area is 165 Å². The number of likely N-dealkylation sites (N-methyl/N-ethyl adjacent to an activating group) is 1. The van der Waals surface area contributed by atoms with Crippen molar-refractivity contribution in [1.82, 2.24) is 10.2 Å². The van der Waals surface area contributed by atoms with E-state index in [0.717, 1.165) is 28.8 Å². The fourth-order valence-corrected chi connectivity index (χ4v) is 3.40. The Morgan fingerprint density at radius 3 is 2.39 bits per heavy atom. The number of nitrogens with zero attached hydrogens (tertiary/aromatic N) is 1. The summed E-state index contributed by atoms with van der Waals surface area (Å²) in [7, 11) is 5.80. The average molecular weight is 380 g/mol. The molecule has 1 atom stereocenters. The van der Waals surface area contributed by atoms with Crippen molar-refractivity contribution >= 4 is 11.0 Å². The maximum absolute atomic E-state index is 12.0. The molecule has 0 radical (unpaired) electrons. The van der Waals surface area contributed by atoms with Crippen LogP contribution in [-0.2, 0) is 6.54 Å². The van der Waals surface area contributed by atoms with Crippen molar-refractivity contribution in [2.24, 2.45) is 0 Å². The Balaban J connectivity index is 1.78. The summed E-state index contributed by atoms with van der Waals surface area (Å²) in [6.07, 6.45) is 0. The van der Waals surface area contributed by atoms with Gasteiger partial charge >= 0.3 is 5.63 Å². The van der Waals surface area contributed by atoms with Crippen LogP contribution in [0.2, 0.25) is 0 Å². The van der Waals surface area contributed by atoms with Gasteiger partial charge in [-0.2, -0.15) is 0 Å². The van der Waals surface area contributed by atoms with Gasteiger partial charge in [0.25, 0.3) is 0 Å². The van der Waals surface area contributed by atoms with Crippen molar-refractivity contribution in [2.45, 2.75) is 26.4 Å². The molecule has 0 unspecified atom stereocenters. The van der Waals surface area contributed by atoms with Gasteiger partial charge in [-0.25, -0.2) is 4.79 Å². The molecule has 0 saturated carbocycles. The second kappa shape index (κ2) is 8.59. The molecule has 0 fully saturated rings. The minimum atomic E-state index is -0.313. The summed E-state index contributed by atoms with van der Waals surface area (Å²) in [6, 6.07) is 14.0. The number of ether oxygens (including phenoxy) is 1. The summed E-state index contributed by atoms with van der Waals surface area (Å²) in [6.45, 7) is 5.45. The molecule has 0 aliphatic heterocycles. The largest absolute Gasteiger partial charge is 0.497 e. The van der Waals surface area contributed by atoms with Gasteiger partial charge in [0.2, 0.25) is 0 Å². The molecule has 3 aromatic rings. The molecule has 1 aromatic heterocycles. The first-order chi connectivity index (χ1) is 13.4. The van der Waals surface area contributed by atoms with E-state index >= 15 is 0 Å². The maximum Gasteiger partial charge on any atom is 0.336 e. The van der Waals surface area contributed by atoms with Crippen LogP contribution in [0.3, 0.4) is 0 Å². The van der Waals surface area contributed by atoms with Crippen molar-refractivity contribution in [3.8, 4) is 5.75 Å². The maximum atomic E-state index is 12.0. The monoisotopic (exact) mass is 380 g/mol. The molecule has 0 amide bonds. The molecule has 5 heteroatoms. The molecule has 5 nitrogen and oxygen atoms in total. The summed E-state index contributed by atoms with van der Waals surface area (Å²) in [5.41, 5.74) is 4.81. The second-order valence-electron chi connectivity index (χ2n) is 7.41. The van der Waals surface area contributed by atoms with E-state index in [-0.39, 0.29) is 11.7 Å². The molecule has 0 spiro atoms. The standard InChI is InChI=1S/C23H28N2O3/c1-15-10-20-18(12-23(26)28-22(20)11-16(15)2)13-24-14-21(25(3)4)17-6-8-19(27-5)9-7-17/h6-12,21,24H,13-14H2,1-5H3/t21-/m1/s1. The number of nitrogens with one attached hydrogen (secondary N) is 1. The highest BCUT2D eigenvalue weighted by molar-refractivity contribution is 5.81. The molecule has 28 heavy (non-hydrogen) atoms. The first kappa shape index (κ1) is 20.1. The molecule has 0 saturated heterocycles. The first-order valence-corrected chi connectivity index (χ1v) is 9.44. The molecular formula is C23H28N2O3. The number of methoxy groups -OCH3 is 1. The topological polar surface area (TPSA) is 54.7 Å². The quantitative estimate of drug-likeness (QED) is 0.632. The Hall–Kier alpha value is -2.63. The lowest BCUT2D eigenvalue weighted by Gasteiger charge is -2.25. The predicted octanol–water partition coefficient (Wildman–Crippen LogP) is 3.81. The summed E-state index contributed by atoms with van der Waals surface area (Å²) in [4.78, 5) is 14.2. The number of benzene rings is 2. The highest BCUT2D eigenvalue weighted by Crippen LogP contribution is 2.23. The second-order valence-corrected chi connectivity index (χ2v) is 7.41. The number of hydrogen-bond donors (Lipinski definition) is 1. The average Bonchev–Trinajstić information content (AvgIpc) is 2.66. The van der Waals surface area contributed by atoms with Crippen LogP contribution in [0.1, 0.15) is 28.3 Å². The van der Waals surface area contributed by atoms with Crippen LogP contribution in [0.15, 0.2) is 51.7 Å². The minimum absolute atomic E-state index is 0.210. The smallest absolute Gasteiger partial charge is 0.336 e. The third-order valence-corrected chi connectivity index (χ3v) is 5.22. The van der Waals surface area contributed by atoms with Crippen molar-refractivity contribution in [1.29, 1.82) is 0 Å². The fraction of sp³-hybridized carbons (Fsp3) is 0.348. The van der Waals surface area contributed by atoms with Crippen LogP contribution in [-0.4, -0.2) is 32.6 Å². The van der Waals surface area contributed by atoms with E-state index in [4.69, 9.17) is 9.15 Å². The number of fused-ring (bicyclic) bond motifs is 1. The lowest BCUT2D eigenvalue weighted by molar-refractivity contribution is 0.288. The molecule has 148 valence electrons. The van der Waals surface area contributed by atoms with Crippen LogP contribution < -0.4 is 15.7 Å². The summed E-state index contributed by atoms with van der Waals surface area (Å²) >= 11 is 0. The fourth-order valence-electron chi connectivity index (χ4n) is 3.40. The van der Waals surface area contributed by atoms with Crippen molar-refractivity contribution in [3.05, 3.63) is 75.1 Å². The van der Waals surface area contributed by atoms with E-state index < -0.39 is 0 Å². The summed E-state index contributed by atoms with van der Waals surface area (Å²) < 4.78 is 10.6. The lowest BCUT2D eigenvalue weighted by Crippen LogP contribution is -2.31. The molecular weight excluding hydrogens is 352 g/mol. The van der Waals surface area contributed by atoms with Crippen LogP contribution in [0.25, 0.3) is 11.0 Å².